The van der Waals surface area contributed by atoms with Crippen LogP contribution in [0, 0.1) is 0 Å². The Kier molecular flexibility index (Phi) is 60.3. The van der Waals surface area contributed by atoms with Gasteiger partial charge in [0.2, 0.25) is 0 Å². The van der Waals surface area contributed by atoms with Crippen molar-refractivity contribution in [2.45, 2.75) is 245 Å². The summed E-state index contributed by atoms with van der Waals surface area (Å²) in [5.74, 6) is 0. The van der Waals surface area contributed by atoms with Crippen LogP contribution in [0.25, 0.3) is 0 Å². The summed E-state index contributed by atoms with van der Waals surface area (Å²) in [6.07, 6.45) is 42.3. The molecule has 2 aliphatic rings. The van der Waals surface area contributed by atoms with E-state index in [0.717, 1.165) is 52.1 Å². The summed E-state index contributed by atoms with van der Waals surface area (Å²) in [7, 11) is 0. The number of aliphatic hydroxyl groups is 4. The minimum Gasteiger partial charge on any atom is -0.396 e. The molecule has 7 nitrogen and oxygen atoms in total. The molecule has 0 bridgehead atoms. The first-order valence-electron chi connectivity index (χ1n) is 23.4. The molecule has 7 heteroatoms. The Balaban J connectivity index is -0.000000590. The van der Waals surface area contributed by atoms with Gasteiger partial charge < -0.3 is 34.6 Å². The van der Waals surface area contributed by atoms with Crippen LogP contribution >= 0.6 is 0 Å². The van der Waals surface area contributed by atoms with Crippen LogP contribution in [0.2, 0.25) is 0 Å². The summed E-state index contributed by atoms with van der Waals surface area (Å²) in [6, 6.07) is 0. The van der Waals surface area contributed by atoms with E-state index < -0.39 is 0 Å². The molecule has 0 saturated carbocycles. The van der Waals surface area contributed by atoms with Crippen molar-refractivity contribution in [3.63, 3.8) is 0 Å². The van der Waals surface area contributed by atoms with Crippen molar-refractivity contribution in [2.24, 2.45) is 0 Å². The highest BCUT2D eigenvalue weighted by atomic mass is 16.6. The molecular weight excluding hydrogens is 664 g/mol. The van der Waals surface area contributed by atoms with E-state index in [1.807, 2.05) is 0 Å². The quantitative estimate of drug-likeness (QED) is 0.0371. The minimum absolute atomic E-state index is 0.370. The molecule has 0 amide bonds. The first-order chi connectivity index (χ1) is 26.1. The van der Waals surface area contributed by atoms with Crippen LogP contribution in [0.4, 0.5) is 0 Å². The van der Waals surface area contributed by atoms with Crippen molar-refractivity contribution < 1.29 is 34.6 Å². The molecule has 2 heterocycles. The van der Waals surface area contributed by atoms with Crippen LogP contribution < -0.4 is 0 Å². The van der Waals surface area contributed by atoms with Crippen molar-refractivity contribution in [1.82, 2.24) is 0 Å². The molecule has 0 aromatic carbocycles. The van der Waals surface area contributed by atoms with E-state index >= 15 is 0 Å². The van der Waals surface area contributed by atoms with Gasteiger partial charge in [0.05, 0.1) is 26.4 Å². The smallest absolute Gasteiger partial charge is 0.104 e. The Labute approximate surface area is 332 Å². The lowest BCUT2D eigenvalue weighted by Gasteiger charge is -1.98. The minimum atomic E-state index is 0.370. The van der Waals surface area contributed by atoms with Gasteiger partial charge in [-0.1, -0.05) is 207 Å². The fraction of sp³-hybridized carbons (Fsp3) is 1.00. The maximum Gasteiger partial charge on any atom is 0.104 e. The van der Waals surface area contributed by atoms with Crippen molar-refractivity contribution >= 4 is 0 Å². The average molecular weight is 763 g/mol. The van der Waals surface area contributed by atoms with Gasteiger partial charge in [0.25, 0.3) is 0 Å². The number of aliphatic hydroxyl groups excluding tert-OH is 4. The van der Waals surface area contributed by atoms with Gasteiger partial charge in [-0.25, -0.2) is 0 Å². The third-order valence-electron chi connectivity index (χ3n) is 9.46. The lowest BCUT2D eigenvalue weighted by Crippen LogP contribution is -2.06. The molecule has 0 aliphatic carbocycles. The zero-order valence-electron chi connectivity index (χ0n) is 36.5. The van der Waals surface area contributed by atoms with Gasteiger partial charge >= 0.3 is 0 Å². The predicted molar refractivity (Wildman–Crippen MR) is 229 cm³/mol. The second-order valence-electron chi connectivity index (χ2n) is 15.2. The Morgan fingerprint density at radius 2 is 0.491 bits per heavy atom. The summed E-state index contributed by atoms with van der Waals surface area (Å²) >= 11 is 0. The third-order valence-corrected chi connectivity index (χ3v) is 9.46. The van der Waals surface area contributed by atoms with Crippen molar-refractivity contribution in [1.29, 1.82) is 0 Å². The zero-order chi connectivity index (χ0) is 39.6. The summed E-state index contributed by atoms with van der Waals surface area (Å²) in [6.45, 7) is 13.7. The molecule has 2 unspecified atom stereocenters. The van der Waals surface area contributed by atoms with Crippen LogP contribution in [0.3, 0.4) is 0 Å². The standard InChI is InChI=1S/4C10H22O.C6H10O3/c4*1-2-3-4-5-6-7-8-9-10-11;1(5-3-8-5)7-2-6-4-9-6/h4*11H,2-10H2,1H3;5-6H,1-4H2. The first kappa shape index (κ1) is 57.0. The molecule has 2 fully saturated rings. The molecule has 0 aromatic rings. The third kappa shape index (κ3) is 66.9. The Bertz CT molecular complexity index is 456. The van der Waals surface area contributed by atoms with Crippen LogP contribution in [-0.4, -0.2) is 85.5 Å². The van der Waals surface area contributed by atoms with E-state index in [1.165, 1.54) is 180 Å². The van der Waals surface area contributed by atoms with E-state index in [9.17, 15) is 0 Å². The van der Waals surface area contributed by atoms with Crippen LogP contribution in [0.5, 0.6) is 0 Å². The van der Waals surface area contributed by atoms with Crippen molar-refractivity contribution in [3.05, 3.63) is 0 Å². The van der Waals surface area contributed by atoms with Crippen LogP contribution in [0.1, 0.15) is 233 Å². The Morgan fingerprint density at radius 1 is 0.321 bits per heavy atom. The first-order valence-corrected chi connectivity index (χ1v) is 23.4. The fourth-order valence-corrected chi connectivity index (χ4v) is 5.64. The molecule has 53 heavy (non-hydrogen) atoms. The number of epoxide rings is 2. The van der Waals surface area contributed by atoms with Gasteiger partial charge in [0.15, 0.2) is 0 Å². The lowest BCUT2D eigenvalue weighted by molar-refractivity contribution is 0.102. The maximum absolute atomic E-state index is 8.51. The highest BCUT2D eigenvalue weighted by molar-refractivity contribution is 4.71. The summed E-state index contributed by atoms with van der Waals surface area (Å²) in [5.41, 5.74) is 0. The van der Waals surface area contributed by atoms with Gasteiger partial charge in [0.1, 0.15) is 12.2 Å². The second kappa shape index (κ2) is 56.1. The Hall–Kier alpha value is -0.280. The summed E-state index contributed by atoms with van der Waals surface area (Å²) < 4.78 is 15.1. The second-order valence-corrected chi connectivity index (χ2v) is 15.2. The van der Waals surface area contributed by atoms with E-state index in [0.29, 0.717) is 38.6 Å². The lowest BCUT2D eigenvalue weighted by atomic mass is 10.1. The monoisotopic (exact) mass is 763 g/mol. The van der Waals surface area contributed by atoms with Gasteiger partial charge in [0, 0.05) is 26.4 Å². The average Bonchev–Trinajstić information content (AvgIpc) is 4.12. The fourth-order valence-electron chi connectivity index (χ4n) is 5.64. The zero-order valence-corrected chi connectivity index (χ0v) is 36.5. The molecule has 324 valence electrons. The molecule has 2 rings (SSSR count). The number of unbranched alkanes of at least 4 members (excludes halogenated alkanes) is 28. The van der Waals surface area contributed by atoms with Gasteiger partial charge in [-0.05, 0) is 25.7 Å². The number of ether oxygens (including phenoxy) is 3. The van der Waals surface area contributed by atoms with Crippen molar-refractivity contribution in [2.75, 3.05) is 52.9 Å². The van der Waals surface area contributed by atoms with Gasteiger partial charge in [-0.15, -0.1) is 0 Å². The summed E-state index contributed by atoms with van der Waals surface area (Å²) in [5, 5.41) is 34.0. The van der Waals surface area contributed by atoms with E-state index in [-0.39, 0.29) is 0 Å². The van der Waals surface area contributed by atoms with Gasteiger partial charge in [-0.3, -0.25) is 0 Å². The highest BCUT2D eigenvalue weighted by Crippen LogP contribution is 2.13. The van der Waals surface area contributed by atoms with Crippen LogP contribution in [0.15, 0.2) is 0 Å². The topological polar surface area (TPSA) is 115 Å². The number of hydrogen-bond donors (Lipinski definition) is 4. The molecule has 0 spiro atoms. The number of rotatable bonds is 36. The van der Waals surface area contributed by atoms with E-state index in [4.69, 9.17) is 34.6 Å². The molecule has 0 aromatic heterocycles. The predicted octanol–water partition coefficient (Wildman–Crippen LogP) is 12.3. The number of hydrogen-bond acceptors (Lipinski definition) is 7. The molecule has 0 radical (unpaired) electrons. The van der Waals surface area contributed by atoms with Gasteiger partial charge in [-0.2, -0.15) is 0 Å². The Morgan fingerprint density at radius 3 is 0.642 bits per heavy atom. The normalized spacial score (nSPS) is 15.2. The highest BCUT2D eigenvalue weighted by Gasteiger charge is 2.26. The van der Waals surface area contributed by atoms with E-state index in [2.05, 4.69) is 27.7 Å². The molecule has 2 aliphatic heterocycles. The molecule has 4 N–H and O–H groups in total. The summed E-state index contributed by atoms with van der Waals surface area (Å²) in [4.78, 5) is 0. The van der Waals surface area contributed by atoms with Crippen LogP contribution in [-0.2, 0) is 14.2 Å². The van der Waals surface area contributed by atoms with Crippen molar-refractivity contribution in [3.8, 4) is 0 Å². The molecule has 2 saturated heterocycles. The molecular formula is C46H98O7. The molecule has 2 atom stereocenters. The SMILES string of the molecule is C(OCC1CO1)C1CO1.CCCCCCCCCCO.CCCCCCCCCCO.CCCCCCCCCCO.CCCCCCCCCCO. The van der Waals surface area contributed by atoms with E-state index in [1.54, 1.807) is 0 Å². The largest absolute Gasteiger partial charge is 0.396 e. The maximum atomic E-state index is 8.51.